The van der Waals surface area contributed by atoms with Gasteiger partial charge in [0.25, 0.3) is 0 Å². The number of unbranched alkanes of at least 4 members (excludes halogenated alkanes) is 3. The van der Waals surface area contributed by atoms with E-state index in [2.05, 4.69) is 47.6 Å². The van der Waals surface area contributed by atoms with Crippen molar-refractivity contribution < 1.29 is 14.3 Å². The maximum atomic E-state index is 13.1. The highest BCUT2D eigenvalue weighted by atomic mass is 16.5. The van der Waals surface area contributed by atoms with E-state index in [1.807, 2.05) is 24.3 Å². The minimum atomic E-state index is -0.190. The summed E-state index contributed by atoms with van der Waals surface area (Å²) in [5, 5.41) is 0. The van der Waals surface area contributed by atoms with Gasteiger partial charge in [0.2, 0.25) is 0 Å². The number of esters is 1. The number of carbonyl (C=O) groups excluding carboxylic acids is 1. The van der Waals surface area contributed by atoms with E-state index in [9.17, 15) is 4.79 Å². The first-order valence-electron chi connectivity index (χ1n) is 18.3. The minimum Gasteiger partial charge on any atom is -0.494 e. The molecular formula is C40H62O3. The Morgan fingerprint density at radius 3 is 2.44 bits per heavy atom. The molecular weight excluding hydrogens is 528 g/mol. The van der Waals surface area contributed by atoms with Crippen molar-refractivity contribution in [2.45, 2.75) is 144 Å². The first-order chi connectivity index (χ1) is 20.7. The van der Waals surface area contributed by atoms with E-state index in [-0.39, 0.29) is 17.5 Å². The van der Waals surface area contributed by atoms with Crippen molar-refractivity contribution in [2.75, 3.05) is 6.61 Å². The van der Waals surface area contributed by atoms with E-state index in [4.69, 9.17) is 9.47 Å². The van der Waals surface area contributed by atoms with Crippen LogP contribution in [0.15, 0.2) is 35.9 Å². The summed E-state index contributed by atoms with van der Waals surface area (Å²) >= 11 is 0. The average Bonchev–Trinajstić information content (AvgIpc) is 3.34. The molecule has 0 heterocycles. The van der Waals surface area contributed by atoms with Gasteiger partial charge in [-0.15, -0.1) is 0 Å². The number of hydrogen-bond acceptors (Lipinski definition) is 3. The fourth-order valence-electron chi connectivity index (χ4n) is 10.4. The third-order valence-electron chi connectivity index (χ3n) is 12.9. The zero-order valence-corrected chi connectivity index (χ0v) is 28.5. The Bertz CT molecular complexity index is 1090. The molecule has 240 valence electrons. The van der Waals surface area contributed by atoms with Crippen LogP contribution in [0.1, 0.15) is 148 Å². The first kappa shape index (κ1) is 32.6. The van der Waals surface area contributed by atoms with Gasteiger partial charge in [-0.3, -0.25) is 0 Å². The molecule has 0 aliphatic heterocycles. The molecule has 43 heavy (non-hydrogen) atoms. The summed E-state index contributed by atoms with van der Waals surface area (Å²) in [5.41, 5.74) is 3.03. The Morgan fingerprint density at radius 2 is 1.70 bits per heavy atom. The van der Waals surface area contributed by atoms with Crippen LogP contribution in [0.25, 0.3) is 0 Å². The van der Waals surface area contributed by atoms with Gasteiger partial charge in [0.15, 0.2) is 0 Å². The third-order valence-corrected chi connectivity index (χ3v) is 12.9. The van der Waals surface area contributed by atoms with Crippen LogP contribution in [-0.4, -0.2) is 18.7 Å². The van der Waals surface area contributed by atoms with Gasteiger partial charge in [-0.05, 0) is 122 Å². The second kappa shape index (κ2) is 14.1. The number of rotatable bonds is 13. The highest BCUT2D eigenvalue weighted by molar-refractivity contribution is 5.89. The van der Waals surface area contributed by atoms with Gasteiger partial charge in [0, 0.05) is 6.42 Å². The fourth-order valence-corrected chi connectivity index (χ4v) is 10.4. The maximum absolute atomic E-state index is 13.1. The van der Waals surface area contributed by atoms with Crippen LogP contribution in [0.2, 0.25) is 0 Å². The smallest absolute Gasteiger partial charge is 0.338 e. The van der Waals surface area contributed by atoms with Crippen LogP contribution in [0.4, 0.5) is 0 Å². The van der Waals surface area contributed by atoms with E-state index in [0.717, 1.165) is 73.5 Å². The van der Waals surface area contributed by atoms with E-state index in [1.165, 1.54) is 70.6 Å². The highest BCUT2D eigenvalue weighted by Crippen LogP contribution is 2.67. The summed E-state index contributed by atoms with van der Waals surface area (Å²) < 4.78 is 12.0. The molecule has 8 atom stereocenters. The Balaban J connectivity index is 1.16. The highest BCUT2D eigenvalue weighted by Gasteiger charge is 2.59. The zero-order valence-electron chi connectivity index (χ0n) is 28.5. The molecule has 0 bridgehead atoms. The summed E-state index contributed by atoms with van der Waals surface area (Å²) in [6.07, 6.45) is 21.6. The molecule has 1 aromatic rings. The molecule has 0 aromatic heterocycles. The van der Waals surface area contributed by atoms with Crippen molar-refractivity contribution in [1.29, 1.82) is 0 Å². The number of hydrogen-bond donors (Lipinski definition) is 0. The number of ether oxygens (including phenoxy) is 2. The Kier molecular flexibility index (Phi) is 10.7. The van der Waals surface area contributed by atoms with Crippen LogP contribution in [0.5, 0.6) is 5.75 Å². The monoisotopic (exact) mass is 590 g/mol. The lowest BCUT2D eigenvalue weighted by Crippen LogP contribution is -2.51. The predicted molar refractivity (Wildman–Crippen MR) is 178 cm³/mol. The van der Waals surface area contributed by atoms with Crippen molar-refractivity contribution >= 4 is 5.97 Å². The quantitative estimate of drug-likeness (QED) is 0.130. The van der Waals surface area contributed by atoms with Crippen molar-refractivity contribution in [3.63, 3.8) is 0 Å². The van der Waals surface area contributed by atoms with Gasteiger partial charge in [0.1, 0.15) is 11.9 Å². The number of fused-ring (bicyclic) bond motifs is 5. The van der Waals surface area contributed by atoms with Crippen molar-refractivity contribution in [2.24, 2.45) is 46.3 Å². The van der Waals surface area contributed by atoms with Gasteiger partial charge in [0.05, 0.1) is 12.2 Å². The Labute approximate surface area is 264 Å². The molecule has 4 aliphatic carbocycles. The van der Waals surface area contributed by atoms with E-state index in [1.54, 1.807) is 5.57 Å². The summed E-state index contributed by atoms with van der Waals surface area (Å²) in [6.45, 7) is 15.5. The summed E-state index contributed by atoms with van der Waals surface area (Å²) in [7, 11) is 0. The molecule has 4 aliphatic rings. The number of carbonyl (C=O) groups is 1. The van der Waals surface area contributed by atoms with Crippen LogP contribution < -0.4 is 4.74 Å². The van der Waals surface area contributed by atoms with Gasteiger partial charge in [-0.1, -0.05) is 91.7 Å². The standard InChI is InChI=1S/C40H62O3/c1-7-8-9-10-26-42-32-17-14-30(15-18-32)38(41)43-33-22-24-39(5)31(27-33)16-19-34-36-21-20-35(29(4)13-11-12-28(2)3)40(36,6)25-23-37(34)39/h14-18,28-29,33-37H,7-13,19-27H2,1-6H3. The van der Waals surface area contributed by atoms with E-state index >= 15 is 0 Å². The normalized spacial score (nSPS) is 34.1. The molecule has 3 fully saturated rings. The largest absolute Gasteiger partial charge is 0.494 e. The summed E-state index contributed by atoms with van der Waals surface area (Å²) in [5.74, 6) is 5.76. The molecule has 5 rings (SSSR count). The molecule has 3 nitrogen and oxygen atoms in total. The van der Waals surface area contributed by atoms with E-state index < -0.39 is 0 Å². The molecule has 1 aromatic carbocycles. The maximum Gasteiger partial charge on any atom is 0.338 e. The van der Waals surface area contributed by atoms with Gasteiger partial charge >= 0.3 is 5.97 Å². The average molecular weight is 591 g/mol. The second-order valence-electron chi connectivity index (χ2n) is 16.0. The van der Waals surface area contributed by atoms with Crippen molar-refractivity contribution in [3.05, 3.63) is 41.5 Å². The minimum absolute atomic E-state index is 0.00530. The topological polar surface area (TPSA) is 35.5 Å². The zero-order chi connectivity index (χ0) is 30.6. The molecule has 0 radical (unpaired) electrons. The molecule has 3 saturated carbocycles. The summed E-state index contributed by atoms with van der Waals surface area (Å²) in [4.78, 5) is 13.1. The van der Waals surface area contributed by atoms with Crippen LogP contribution >= 0.6 is 0 Å². The lowest BCUT2D eigenvalue weighted by molar-refractivity contribution is -0.0594. The first-order valence-corrected chi connectivity index (χ1v) is 18.3. The lowest BCUT2D eigenvalue weighted by Gasteiger charge is -2.58. The van der Waals surface area contributed by atoms with E-state index in [0.29, 0.717) is 11.0 Å². The third kappa shape index (κ3) is 7.06. The Morgan fingerprint density at radius 1 is 0.907 bits per heavy atom. The molecule has 0 saturated heterocycles. The Hall–Kier alpha value is -1.77. The van der Waals surface area contributed by atoms with Crippen molar-refractivity contribution in [1.82, 2.24) is 0 Å². The molecule has 0 spiro atoms. The number of allylic oxidation sites excluding steroid dienone is 1. The number of benzene rings is 1. The summed E-state index contributed by atoms with van der Waals surface area (Å²) in [6, 6.07) is 7.55. The van der Waals surface area contributed by atoms with Gasteiger partial charge < -0.3 is 9.47 Å². The van der Waals surface area contributed by atoms with Crippen LogP contribution in [0, 0.1) is 46.3 Å². The molecule has 0 N–H and O–H groups in total. The van der Waals surface area contributed by atoms with Gasteiger partial charge in [-0.2, -0.15) is 0 Å². The second-order valence-corrected chi connectivity index (χ2v) is 16.0. The molecule has 0 amide bonds. The molecule has 8 unspecified atom stereocenters. The lowest BCUT2D eigenvalue weighted by atomic mass is 9.47. The molecule has 3 heteroatoms. The SMILES string of the molecule is CCCCCCOc1ccc(C(=O)OC2CCC3(C)C(=CCC4C3CCC3(C)C(C(C)CCCC(C)C)CCC43)C2)cc1. The van der Waals surface area contributed by atoms with Crippen molar-refractivity contribution in [3.8, 4) is 5.75 Å². The van der Waals surface area contributed by atoms with Crippen LogP contribution in [-0.2, 0) is 4.74 Å². The van der Waals surface area contributed by atoms with Crippen LogP contribution in [0.3, 0.4) is 0 Å². The van der Waals surface area contributed by atoms with Gasteiger partial charge in [-0.25, -0.2) is 4.79 Å². The predicted octanol–water partition coefficient (Wildman–Crippen LogP) is 11.2. The fraction of sp³-hybridized carbons (Fsp3) is 0.775.